The highest BCUT2D eigenvalue weighted by Gasteiger charge is 2.52. The van der Waals surface area contributed by atoms with Crippen LogP contribution in [0.5, 0.6) is 5.75 Å². The molecule has 0 aromatic heterocycles. The fourth-order valence-corrected chi connectivity index (χ4v) is 3.55. The van der Waals surface area contributed by atoms with Crippen molar-refractivity contribution in [1.29, 1.82) is 0 Å². The normalized spacial score (nSPS) is 19.2. The maximum Gasteiger partial charge on any atom is 0.268 e. The zero-order valence-electron chi connectivity index (χ0n) is 13.5. The number of para-hydroxylation sites is 1. The summed E-state index contributed by atoms with van der Waals surface area (Å²) in [5.74, 6) is -0.566. The van der Waals surface area contributed by atoms with Crippen LogP contribution in [-0.2, 0) is 10.4 Å². The number of carbonyl (C=O) groups is 1. The van der Waals surface area contributed by atoms with Crippen LogP contribution in [0.4, 0.5) is 5.69 Å². The number of phenolic OH excluding ortho intramolecular Hbond substituents is 1. The predicted octanol–water partition coefficient (Wildman–Crippen LogP) is 3.31. The number of phenols is 1. The van der Waals surface area contributed by atoms with Gasteiger partial charge in [0.25, 0.3) is 5.91 Å². The van der Waals surface area contributed by atoms with Gasteiger partial charge in [-0.2, -0.15) is 0 Å². The number of aliphatic hydroxyl groups is 1. The zero-order chi connectivity index (χ0) is 17.6. The Labute approximate surface area is 145 Å². The second-order valence-corrected chi connectivity index (χ2v) is 6.11. The number of hydrogen-bond acceptors (Lipinski definition) is 3. The van der Waals surface area contributed by atoms with Crippen LogP contribution in [-0.4, -0.2) is 22.7 Å². The van der Waals surface area contributed by atoms with Gasteiger partial charge in [-0.05, 0) is 11.5 Å². The van der Waals surface area contributed by atoms with Gasteiger partial charge in [0.05, 0.1) is 5.69 Å². The van der Waals surface area contributed by atoms with E-state index in [4.69, 9.17) is 0 Å². The molecule has 4 heteroatoms. The van der Waals surface area contributed by atoms with Crippen LogP contribution in [0.15, 0.2) is 73.3 Å². The smallest absolute Gasteiger partial charge is 0.268 e. The van der Waals surface area contributed by atoms with Gasteiger partial charge in [0, 0.05) is 23.1 Å². The van der Waals surface area contributed by atoms with Gasteiger partial charge in [-0.1, -0.05) is 60.7 Å². The van der Waals surface area contributed by atoms with Gasteiger partial charge in [-0.15, -0.1) is 6.58 Å². The van der Waals surface area contributed by atoms with Crippen molar-refractivity contribution in [2.45, 2.75) is 5.60 Å². The predicted molar refractivity (Wildman–Crippen MR) is 97.6 cm³/mol. The second kappa shape index (κ2) is 5.46. The minimum absolute atomic E-state index is 0.0794. The highest BCUT2D eigenvalue weighted by Crippen LogP contribution is 2.48. The molecule has 1 unspecified atom stereocenters. The van der Waals surface area contributed by atoms with Crippen molar-refractivity contribution in [3.05, 3.63) is 84.4 Å². The summed E-state index contributed by atoms with van der Waals surface area (Å²) in [5.41, 5.74) is -0.640. The Bertz CT molecular complexity index is 1010. The van der Waals surface area contributed by atoms with E-state index in [1.165, 1.54) is 4.90 Å². The first-order chi connectivity index (χ1) is 12.1. The molecule has 1 aliphatic rings. The number of fused-ring (bicyclic) bond motifs is 2. The summed E-state index contributed by atoms with van der Waals surface area (Å²) in [4.78, 5) is 14.6. The van der Waals surface area contributed by atoms with E-state index < -0.39 is 11.5 Å². The van der Waals surface area contributed by atoms with Crippen LogP contribution in [0.3, 0.4) is 0 Å². The van der Waals surface area contributed by atoms with Crippen molar-refractivity contribution in [3.63, 3.8) is 0 Å². The Morgan fingerprint density at radius 3 is 2.52 bits per heavy atom. The van der Waals surface area contributed by atoms with Crippen molar-refractivity contribution < 1.29 is 15.0 Å². The standard InChI is InChI=1S/C21H17NO3/c1-2-13-22-18-10-6-5-9-16(18)21(25,20(22)24)17-12-11-14-7-3-4-8-15(14)19(17)23/h2-12,23,25H,1,13H2. The molecule has 1 atom stereocenters. The molecule has 1 aliphatic heterocycles. The monoisotopic (exact) mass is 331 g/mol. The zero-order valence-corrected chi connectivity index (χ0v) is 13.5. The molecule has 1 amide bonds. The Balaban J connectivity index is 2.00. The van der Waals surface area contributed by atoms with Crippen molar-refractivity contribution in [2.24, 2.45) is 0 Å². The van der Waals surface area contributed by atoms with Gasteiger partial charge in [0.15, 0.2) is 5.60 Å². The molecule has 0 fully saturated rings. The van der Waals surface area contributed by atoms with E-state index in [-0.39, 0.29) is 17.9 Å². The average Bonchev–Trinajstić information content (AvgIpc) is 2.85. The molecule has 124 valence electrons. The minimum Gasteiger partial charge on any atom is -0.507 e. The largest absolute Gasteiger partial charge is 0.507 e. The quantitative estimate of drug-likeness (QED) is 0.724. The third kappa shape index (κ3) is 2.01. The molecular weight excluding hydrogens is 314 g/mol. The number of benzene rings is 3. The maximum absolute atomic E-state index is 13.1. The van der Waals surface area contributed by atoms with Crippen molar-refractivity contribution in [2.75, 3.05) is 11.4 Å². The Hall–Kier alpha value is -3.11. The molecule has 0 bridgehead atoms. The number of rotatable bonds is 3. The van der Waals surface area contributed by atoms with Crippen LogP contribution in [0.1, 0.15) is 11.1 Å². The maximum atomic E-state index is 13.1. The molecule has 25 heavy (non-hydrogen) atoms. The topological polar surface area (TPSA) is 60.8 Å². The highest BCUT2D eigenvalue weighted by atomic mass is 16.3. The fourth-order valence-electron chi connectivity index (χ4n) is 3.55. The number of anilines is 1. The number of nitrogens with zero attached hydrogens (tertiary/aromatic N) is 1. The average molecular weight is 331 g/mol. The van der Waals surface area contributed by atoms with Gasteiger partial charge in [-0.25, -0.2) is 0 Å². The lowest BCUT2D eigenvalue weighted by molar-refractivity contribution is -0.132. The van der Waals surface area contributed by atoms with Crippen LogP contribution >= 0.6 is 0 Å². The van der Waals surface area contributed by atoms with E-state index in [0.717, 1.165) is 5.39 Å². The summed E-state index contributed by atoms with van der Waals surface area (Å²) in [5, 5.41) is 23.7. The Kier molecular flexibility index (Phi) is 3.37. The molecule has 3 aromatic carbocycles. The second-order valence-electron chi connectivity index (χ2n) is 6.11. The lowest BCUT2D eigenvalue weighted by Gasteiger charge is -2.24. The molecule has 0 spiro atoms. The summed E-state index contributed by atoms with van der Waals surface area (Å²) in [7, 11) is 0. The summed E-state index contributed by atoms with van der Waals surface area (Å²) in [6, 6.07) is 17.8. The van der Waals surface area contributed by atoms with E-state index in [1.54, 1.807) is 42.5 Å². The molecule has 0 aliphatic carbocycles. The van der Waals surface area contributed by atoms with Crippen molar-refractivity contribution >= 4 is 22.4 Å². The summed E-state index contributed by atoms with van der Waals surface area (Å²) in [6.45, 7) is 3.97. The van der Waals surface area contributed by atoms with E-state index in [9.17, 15) is 15.0 Å². The fraction of sp³-hybridized carbons (Fsp3) is 0.0952. The molecule has 0 saturated heterocycles. The number of aromatic hydroxyl groups is 1. The minimum atomic E-state index is -1.92. The first-order valence-electron chi connectivity index (χ1n) is 8.05. The van der Waals surface area contributed by atoms with Crippen LogP contribution in [0.2, 0.25) is 0 Å². The number of amides is 1. The molecular formula is C21H17NO3. The van der Waals surface area contributed by atoms with Gasteiger partial charge in [0.2, 0.25) is 0 Å². The van der Waals surface area contributed by atoms with E-state index >= 15 is 0 Å². The van der Waals surface area contributed by atoms with Gasteiger partial charge >= 0.3 is 0 Å². The summed E-state index contributed by atoms with van der Waals surface area (Å²) in [6.07, 6.45) is 1.61. The molecule has 2 N–H and O–H groups in total. The lowest BCUT2D eigenvalue weighted by atomic mass is 9.85. The van der Waals surface area contributed by atoms with Crippen LogP contribution in [0, 0.1) is 0 Å². The molecule has 1 heterocycles. The lowest BCUT2D eigenvalue weighted by Crippen LogP contribution is -2.41. The molecule has 0 saturated carbocycles. The molecule has 3 aromatic rings. The highest BCUT2D eigenvalue weighted by molar-refractivity contribution is 6.10. The van der Waals surface area contributed by atoms with E-state index in [1.807, 2.05) is 24.3 Å². The molecule has 4 nitrogen and oxygen atoms in total. The van der Waals surface area contributed by atoms with E-state index in [2.05, 4.69) is 6.58 Å². The van der Waals surface area contributed by atoms with Crippen molar-refractivity contribution in [3.8, 4) is 5.75 Å². The third-order valence-corrected chi connectivity index (χ3v) is 4.74. The van der Waals surface area contributed by atoms with Gasteiger partial charge in [0.1, 0.15) is 5.75 Å². The summed E-state index contributed by atoms with van der Waals surface area (Å²) < 4.78 is 0. The molecule has 0 radical (unpaired) electrons. The van der Waals surface area contributed by atoms with Gasteiger partial charge < -0.3 is 15.1 Å². The first-order valence-corrected chi connectivity index (χ1v) is 8.05. The third-order valence-electron chi connectivity index (χ3n) is 4.74. The van der Waals surface area contributed by atoms with E-state index in [0.29, 0.717) is 16.6 Å². The Morgan fingerprint density at radius 1 is 1.00 bits per heavy atom. The number of hydrogen-bond donors (Lipinski definition) is 2. The Morgan fingerprint density at radius 2 is 1.72 bits per heavy atom. The van der Waals surface area contributed by atoms with Crippen molar-refractivity contribution in [1.82, 2.24) is 0 Å². The SMILES string of the molecule is C=CCN1C(=O)C(O)(c2ccc3ccccc3c2O)c2ccccc21. The summed E-state index contributed by atoms with van der Waals surface area (Å²) >= 11 is 0. The van der Waals surface area contributed by atoms with Crippen LogP contribution in [0.25, 0.3) is 10.8 Å². The molecule has 4 rings (SSSR count). The van der Waals surface area contributed by atoms with Gasteiger partial charge in [-0.3, -0.25) is 4.79 Å². The number of carbonyl (C=O) groups excluding carboxylic acids is 1. The first kappa shape index (κ1) is 15.4. The van der Waals surface area contributed by atoms with Crippen LogP contribution < -0.4 is 4.90 Å².